The van der Waals surface area contributed by atoms with Gasteiger partial charge >= 0.3 is 0 Å². The van der Waals surface area contributed by atoms with Crippen LogP contribution in [0.15, 0.2) is 11.4 Å². The summed E-state index contributed by atoms with van der Waals surface area (Å²) in [5, 5.41) is 6.10. The number of nitrogens with one attached hydrogen (secondary N) is 1. The lowest BCUT2D eigenvalue weighted by atomic mass is 10.4. The van der Waals surface area contributed by atoms with Crippen LogP contribution in [-0.2, 0) is 11.3 Å². The van der Waals surface area contributed by atoms with Gasteiger partial charge in [0.05, 0.1) is 11.1 Å². The number of hydrogen-bond donors (Lipinski definition) is 1. The van der Waals surface area contributed by atoms with Crippen LogP contribution in [0.3, 0.4) is 0 Å². The second kappa shape index (κ2) is 6.40. The molecule has 0 radical (unpaired) electrons. The van der Waals surface area contributed by atoms with Gasteiger partial charge in [0.25, 0.3) is 0 Å². The van der Waals surface area contributed by atoms with Crippen molar-refractivity contribution in [2.45, 2.75) is 26.5 Å². The highest BCUT2D eigenvalue weighted by Crippen LogP contribution is 2.18. The summed E-state index contributed by atoms with van der Waals surface area (Å²) >= 11 is 7.49. The first kappa shape index (κ1) is 12.0. The Morgan fingerprint density at radius 2 is 2.43 bits per heavy atom. The van der Waals surface area contributed by atoms with E-state index in [-0.39, 0.29) is 6.10 Å². The normalized spacial score (nSPS) is 13.1. The third-order valence-corrected chi connectivity index (χ3v) is 3.09. The highest BCUT2D eigenvalue weighted by Gasteiger charge is 2.01. The van der Waals surface area contributed by atoms with E-state index in [4.69, 9.17) is 16.3 Å². The van der Waals surface area contributed by atoms with Crippen molar-refractivity contribution in [2.24, 2.45) is 0 Å². The molecule has 2 nitrogen and oxygen atoms in total. The molecule has 14 heavy (non-hydrogen) atoms. The summed E-state index contributed by atoms with van der Waals surface area (Å²) in [5.74, 6) is 0. The van der Waals surface area contributed by atoms with Crippen molar-refractivity contribution in [2.75, 3.05) is 13.2 Å². The zero-order valence-corrected chi connectivity index (χ0v) is 10.1. The van der Waals surface area contributed by atoms with E-state index in [2.05, 4.69) is 12.2 Å². The third kappa shape index (κ3) is 4.42. The molecule has 1 N–H and O–H groups in total. The second-order valence-corrected chi connectivity index (χ2v) is 4.56. The number of thiophene rings is 1. The molecule has 1 aromatic rings. The first-order valence-corrected chi connectivity index (χ1v) is 6.03. The summed E-state index contributed by atoms with van der Waals surface area (Å²) in [5.41, 5.74) is 0. The van der Waals surface area contributed by atoms with Crippen LogP contribution in [0.4, 0.5) is 0 Å². The molecule has 1 heterocycles. The Hall–Kier alpha value is -0.0900. The summed E-state index contributed by atoms with van der Waals surface area (Å²) in [6, 6.07) is 1.99. The van der Waals surface area contributed by atoms with Crippen LogP contribution in [0.2, 0.25) is 5.02 Å². The molecule has 4 heteroatoms. The molecule has 80 valence electrons. The van der Waals surface area contributed by atoms with Gasteiger partial charge in [-0.2, -0.15) is 0 Å². The topological polar surface area (TPSA) is 21.3 Å². The summed E-state index contributed by atoms with van der Waals surface area (Å²) in [6.45, 7) is 6.60. The molecule has 0 aliphatic carbocycles. The molecule has 1 rings (SSSR count). The fraction of sp³-hybridized carbons (Fsp3) is 0.600. The Balaban J connectivity index is 2.15. The summed E-state index contributed by atoms with van der Waals surface area (Å²) in [6.07, 6.45) is 0.274. The molecule has 0 aromatic carbocycles. The fourth-order valence-corrected chi connectivity index (χ4v) is 2.23. The van der Waals surface area contributed by atoms with Gasteiger partial charge in [-0.1, -0.05) is 11.6 Å². The lowest BCUT2D eigenvalue weighted by Crippen LogP contribution is -2.26. The average Bonchev–Trinajstić information content (AvgIpc) is 2.52. The number of halogens is 1. The van der Waals surface area contributed by atoms with Gasteiger partial charge in [0.2, 0.25) is 0 Å². The average molecular weight is 234 g/mol. The predicted molar refractivity (Wildman–Crippen MR) is 62.1 cm³/mol. The Kier molecular flexibility index (Phi) is 5.48. The van der Waals surface area contributed by atoms with E-state index < -0.39 is 0 Å². The zero-order valence-electron chi connectivity index (χ0n) is 8.55. The third-order valence-electron chi connectivity index (χ3n) is 1.80. The van der Waals surface area contributed by atoms with E-state index in [0.717, 1.165) is 24.7 Å². The molecule has 1 unspecified atom stereocenters. The minimum atomic E-state index is 0.274. The van der Waals surface area contributed by atoms with Gasteiger partial charge in [-0.15, -0.1) is 11.3 Å². The Bertz CT molecular complexity index is 264. The highest BCUT2D eigenvalue weighted by atomic mass is 35.5. The van der Waals surface area contributed by atoms with Crippen LogP contribution in [-0.4, -0.2) is 19.3 Å². The lowest BCUT2D eigenvalue weighted by molar-refractivity contribution is 0.0760. The van der Waals surface area contributed by atoms with Crippen molar-refractivity contribution in [1.82, 2.24) is 5.32 Å². The molecule has 0 amide bonds. The quantitative estimate of drug-likeness (QED) is 0.816. The van der Waals surface area contributed by atoms with Gasteiger partial charge in [0.1, 0.15) is 0 Å². The van der Waals surface area contributed by atoms with Crippen molar-refractivity contribution in [3.8, 4) is 0 Å². The van der Waals surface area contributed by atoms with Crippen LogP contribution in [0.25, 0.3) is 0 Å². The molecule has 0 saturated carbocycles. The van der Waals surface area contributed by atoms with E-state index in [1.165, 1.54) is 4.88 Å². The van der Waals surface area contributed by atoms with Gasteiger partial charge in [-0.25, -0.2) is 0 Å². The van der Waals surface area contributed by atoms with E-state index in [0.29, 0.717) is 0 Å². The maximum absolute atomic E-state index is 5.81. The molecule has 0 fully saturated rings. The van der Waals surface area contributed by atoms with Crippen molar-refractivity contribution < 1.29 is 4.74 Å². The maximum atomic E-state index is 5.81. The standard InChI is InChI=1S/C10H16ClNOS/c1-3-13-8(2)5-12-6-10-4-9(11)7-14-10/h4,7-8,12H,3,5-6H2,1-2H3. The molecule has 0 aliphatic heterocycles. The van der Waals surface area contributed by atoms with Crippen molar-refractivity contribution in [1.29, 1.82) is 0 Å². The fourth-order valence-electron chi connectivity index (χ4n) is 1.19. The largest absolute Gasteiger partial charge is 0.377 e. The summed E-state index contributed by atoms with van der Waals surface area (Å²) < 4.78 is 5.40. The van der Waals surface area contributed by atoms with Gasteiger partial charge in [0.15, 0.2) is 0 Å². The Morgan fingerprint density at radius 1 is 1.64 bits per heavy atom. The van der Waals surface area contributed by atoms with E-state index in [1.807, 2.05) is 18.4 Å². The zero-order chi connectivity index (χ0) is 10.4. The second-order valence-electron chi connectivity index (χ2n) is 3.13. The molecule has 0 saturated heterocycles. The molecular formula is C10H16ClNOS. The number of ether oxygens (including phenoxy) is 1. The van der Waals surface area contributed by atoms with Gasteiger partial charge in [-0.3, -0.25) is 0 Å². The predicted octanol–water partition coefficient (Wildman–Crippen LogP) is 2.92. The molecule has 0 bridgehead atoms. The molecule has 1 aromatic heterocycles. The van der Waals surface area contributed by atoms with Gasteiger partial charge < -0.3 is 10.1 Å². The molecular weight excluding hydrogens is 218 g/mol. The van der Waals surface area contributed by atoms with Crippen LogP contribution < -0.4 is 5.32 Å². The molecule has 1 atom stereocenters. The first-order chi connectivity index (χ1) is 6.72. The SMILES string of the molecule is CCOC(C)CNCc1cc(Cl)cs1. The lowest BCUT2D eigenvalue weighted by Gasteiger charge is -2.11. The van der Waals surface area contributed by atoms with Crippen molar-refractivity contribution >= 4 is 22.9 Å². The number of rotatable bonds is 6. The Labute approximate surface area is 94.2 Å². The number of hydrogen-bond acceptors (Lipinski definition) is 3. The van der Waals surface area contributed by atoms with E-state index in [1.54, 1.807) is 11.3 Å². The highest BCUT2D eigenvalue weighted by molar-refractivity contribution is 7.10. The summed E-state index contributed by atoms with van der Waals surface area (Å²) in [4.78, 5) is 1.26. The van der Waals surface area contributed by atoms with Crippen LogP contribution in [0, 0.1) is 0 Å². The van der Waals surface area contributed by atoms with Crippen molar-refractivity contribution in [3.63, 3.8) is 0 Å². The van der Waals surface area contributed by atoms with Crippen LogP contribution >= 0.6 is 22.9 Å². The van der Waals surface area contributed by atoms with E-state index in [9.17, 15) is 0 Å². The van der Waals surface area contributed by atoms with Crippen LogP contribution in [0.5, 0.6) is 0 Å². The van der Waals surface area contributed by atoms with Crippen LogP contribution in [0.1, 0.15) is 18.7 Å². The van der Waals surface area contributed by atoms with Gasteiger partial charge in [0, 0.05) is 30.0 Å². The minimum Gasteiger partial charge on any atom is -0.377 e. The maximum Gasteiger partial charge on any atom is 0.0671 e. The first-order valence-electron chi connectivity index (χ1n) is 4.77. The monoisotopic (exact) mass is 233 g/mol. The van der Waals surface area contributed by atoms with Crippen molar-refractivity contribution in [3.05, 3.63) is 21.3 Å². The van der Waals surface area contributed by atoms with E-state index >= 15 is 0 Å². The minimum absolute atomic E-state index is 0.274. The Morgan fingerprint density at radius 3 is 3.00 bits per heavy atom. The smallest absolute Gasteiger partial charge is 0.0671 e. The molecule has 0 spiro atoms. The molecule has 0 aliphatic rings. The van der Waals surface area contributed by atoms with Gasteiger partial charge in [-0.05, 0) is 19.9 Å². The summed E-state index contributed by atoms with van der Waals surface area (Å²) in [7, 11) is 0.